The normalized spacial score (nSPS) is 11.1. The molecular weight excluding hydrogens is 397 g/mol. The van der Waals surface area contributed by atoms with Crippen molar-refractivity contribution in [1.82, 2.24) is 4.57 Å². The van der Waals surface area contributed by atoms with Crippen LogP contribution in [0.15, 0.2) is 54.1 Å². The number of benzene rings is 2. The topological polar surface area (TPSA) is 95.1 Å². The number of amides is 1. The van der Waals surface area contributed by atoms with Crippen LogP contribution in [-0.4, -0.2) is 21.6 Å². The fourth-order valence-corrected chi connectivity index (χ4v) is 3.34. The van der Waals surface area contributed by atoms with Crippen LogP contribution in [0.25, 0.3) is 11.8 Å². The molecule has 0 radical (unpaired) electrons. The minimum atomic E-state index is -1.03. The summed E-state index contributed by atoms with van der Waals surface area (Å²) < 4.78 is 15.7. The minimum Gasteiger partial charge on any atom is -0.478 e. The lowest BCUT2D eigenvalue weighted by molar-refractivity contribution is -0.112. The molecule has 7 heteroatoms. The first-order valence-electron chi connectivity index (χ1n) is 9.44. The number of carboxylic acid groups (broad SMARTS) is 1. The number of aromatic carboxylic acids is 1. The summed E-state index contributed by atoms with van der Waals surface area (Å²) in [5, 5.41) is 21.2. The molecule has 2 aromatic carbocycles. The van der Waals surface area contributed by atoms with Gasteiger partial charge in [0.1, 0.15) is 17.5 Å². The molecule has 0 unspecified atom stereocenters. The third kappa shape index (κ3) is 4.38. The van der Waals surface area contributed by atoms with E-state index in [0.29, 0.717) is 11.3 Å². The van der Waals surface area contributed by atoms with Crippen LogP contribution in [0, 0.1) is 37.9 Å². The summed E-state index contributed by atoms with van der Waals surface area (Å²) in [5.41, 5.74) is 3.70. The van der Waals surface area contributed by atoms with Gasteiger partial charge in [-0.3, -0.25) is 4.79 Å². The zero-order valence-electron chi connectivity index (χ0n) is 17.2. The lowest BCUT2D eigenvalue weighted by Crippen LogP contribution is -2.14. The first-order chi connectivity index (χ1) is 14.7. The molecule has 3 rings (SSSR count). The minimum absolute atomic E-state index is 0.0137. The molecule has 3 aromatic rings. The number of hydrogen-bond acceptors (Lipinski definition) is 3. The smallest absolute Gasteiger partial charge is 0.335 e. The molecule has 6 nitrogen and oxygen atoms in total. The molecule has 0 bridgehead atoms. The molecule has 156 valence electrons. The van der Waals surface area contributed by atoms with Gasteiger partial charge in [-0.05, 0) is 68.3 Å². The zero-order chi connectivity index (χ0) is 22.7. The third-order valence-corrected chi connectivity index (χ3v) is 4.95. The van der Waals surface area contributed by atoms with Crippen molar-refractivity contribution in [3.63, 3.8) is 0 Å². The van der Waals surface area contributed by atoms with Crippen molar-refractivity contribution < 1.29 is 19.1 Å². The van der Waals surface area contributed by atoms with Gasteiger partial charge >= 0.3 is 5.97 Å². The van der Waals surface area contributed by atoms with Crippen LogP contribution in [0.4, 0.5) is 10.1 Å². The van der Waals surface area contributed by atoms with E-state index in [9.17, 15) is 24.3 Å². The SMILES string of the molecule is Cc1ccc(C(=O)O)cc1-n1c(C)cc(/C=C(/C#N)C(=O)Nc2ccccc2F)c1C. The van der Waals surface area contributed by atoms with Crippen LogP contribution >= 0.6 is 0 Å². The molecule has 0 aliphatic heterocycles. The van der Waals surface area contributed by atoms with Crippen LogP contribution in [0.1, 0.15) is 32.9 Å². The quantitative estimate of drug-likeness (QED) is 0.461. The number of nitrogens with zero attached hydrogens (tertiary/aromatic N) is 2. The number of carbonyl (C=O) groups is 2. The van der Waals surface area contributed by atoms with Crippen molar-refractivity contribution in [2.75, 3.05) is 5.32 Å². The number of aryl methyl sites for hydroxylation is 2. The van der Waals surface area contributed by atoms with Gasteiger partial charge in [-0.25, -0.2) is 9.18 Å². The molecule has 1 aromatic heterocycles. The molecular formula is C24H20FN3O3. The fraction of sp³-hybridized carbons (Fsp3) is 0.125. The highest BCUT2D eigenvalue weighted by Gasteiger charge is 2.17. The Morgan fingerprint density at radius 1 is 1.13 bits per heavy atom. The monoisotopic (exact) mass is 417 g/mol. The van der Waals surface area contributed by atoms with Gasteiger partial charge in [-0.2, -0.15) is 5.26 Å². The molecule has 31 heavy (non-hydrogen) atoms. The van der Waals surface area contributed by atoms with E-state index < -0.39 is 17.7 Å². The van der Waals surface area contributed by atoms with Gasteiger partial charge in [0.15, 0.2) is 0 Å². The lowest BCUT2D eigenvalue weighted by atomic mass is 10.1. The number of halogens is 1. The first-order valence-corrected chi connectivity index (χ1v) is 9.44. The number of nitriles is 1. The second-order valence-electron chi connectivity index (χ2n) is 7.07. The van der Waals surface area contributed by atoms with Crippen molar-refractivity contribution in [3.8, 4) is 11.8 Å². The maximum atomic E-state index is 13.8. The van der Waals surface area contributed by atoms with E-state index in [0.717, 1.165) is 17.0 Å². The van der Waals surface area contributed by atoms with E-state index in [1.807, 2.05) is 31.4 Å². The molecule has 1 heterocycles. The van der Waals surface area contributed by atoms with E-state index in [1.54, 1.807) is 24.3 Å². The van der Waals surface area contributed by atoms with Crippen molar-refractivity contribution in [2.24, 2.45) is 0 Å². The standard InChI is InChI=1S/C24H20FN3O3/c1-14-8-9-17(24(30)31)12-22(14)28-15(2)10-18(16(28)3)11-19(13-26)23(29)27-21-7-5-4-6-20(21)25/h4-12H,1-3H3,(H,27,29)(H,30,31)/b19-11-. The van der Waals surface area contributed by atoms with Gasteiger partial charge in [-0.15, -0.1) is 0 Å². The summed E-state index contributed by atoms with van der Waals surface area (Å²) in [6, 6.07) is 14.2. The molecule has 0 fully saturated rings. The number of para-hydroxylation sites is 1. The Labute approximate surface area is 178 Å². The number of aromatic nitrogens is 1. The highest BCUT2D eigenvalue weighted by molar-refractivity contribution is 6.09. The van der Waals surface area contributed by atoms with Crippen LogP contribution in [0.2, 0.25) is 0 Å². The second-order valence-corrected chi connectivity index (χ2v) is 7.07. The summed E-state index contributed by atoms with van der Waals surface area (Å²) >= 11 is 0. The van der Waals surface area contributed by atoms with E-state index in [2.05, 4.69) is 5.32 Å². The van der Waals surface area contributed by atoms with Crippen LogP contribution in [-0.2, 0) is 4.79 Å². The Hall–Kier alpha value is -4.18. The van der Waals surface area contributed by atoms with E-state index in [4.69, 9.17) is 0 Å². The van der Waals surface area contributed by atoms with Gasteiger partial charge in [0.2, 0.25) is 0 Å². The number of hydrogen-bond donors (Lipinski definition) is 2. The number of rotatable bonds is 5. The molecule has 1 amide bonds. The van der Waals surface area contributed by atoms with Crippen molar-refractivity contribution in [2.45, 2.75) is 20.8 Å². The lowest BCUT2D eigenvalue weighted by Gasteiger charge is -2.13. The first kappa shape index (κ1) is 21.5. The average molecular weight is 417 g/mol. The number of nitrogens with one attached hydrogen (secondary N) is 1. The van der Waals surface area contributed by atoms with Crippen molar-refractivity contribution >= 4 is 23.6 Å². The predicted molar refractivity (Wildman–Crippen MR) is 116 cm³/mol. The van der Waals surface area contributed by atoms with Gasteiger partial charge in [-0.1, -0.05) is 18.2 Å². The molecule has 0 saturated carbocycles. The maximum absolute atomic E-state index is 13.8. The average Bonchev–Trinajstić information content (AvgIpc) is 3.01. The van der Waals surface area contributed by atoms with Gasteiger partial charge in [0.25, 0.3) is 5.91 Å². The Kier molecular flexibility index (Phi) is 6.02. The molecule has 0 saturated heterocycles. The molecule has 0 spiro atoms. The highest BCUT2D eigenvalue weighted by atomic mass is 19.1. The van der Waals surface area contributed by atoms with E-state index in [1.165, 1.54) is 30.3 Å². The third-order valence-electron chi connectivity index (χ3n) is 4.95. The molecule has 0 atom stereocenters. The predicted octanol–water partition coefficient (Wildman–Crippen LogP) is 4.79. The van der Waals surface area contributed by atoms with E-state index >= 15 is 0 Å². The summed E-state index contributed by atoms with van der Waals surface area (Å²) in [4.78, 5) is 23.9. The summed E-state index contributed by atoms with van der Waals surface area (Å²) in [6.45, 7) is 5.54. The highest BCUT2D eigenvalue weighted by Crippen LogP contribution is 2.26. The van der Waals surface area contributed by atoms with Crippen molar-refractivity contribution in [3.05, 3.63) is 88.0 Å². The number of carboxylic acids is 1. The summed E-state index contributed by atoms with van der Waals surface area (Å²) in [7, 11) is 0. The summed E-state index contributed by atoms with van der Waals surface area (Å²) in [6.07, 6.45) is 1.44. The van der Waals surface area contributed by atoms with Crippen LogP contribution in [0.5, 0.6) is 0 Å². The fourth-order valence-electron chi connectivity index (χ4n) is 3.34. The number of carbonyl (C=O) groups excluding carboxylic acids is 1. The van der Waals surface area contributed by atoms with Gasteiger partial charge in [0, 0.05) is 17.1 Å². The Morgan fingerprint density at radius 3 is 2.48 bits per heavy atom. The zero-order valence-corrected chi connectivity index (χ0v) is 17.2. The number of anilines is 1. The summed E-state index contributed by atoms with van der Waals surface area (Å²) in [5.74, 6) is -2.35. The second kappa shape index (κ2) is 8.67. The van der Waals surface area contributed by atoms with Crippen molar-refractivity contribution in [1.29, 1.82) is 5.26 Å². The molecule has 0 aliphatic carbocycles. The maximum Gasteiger partial charge on any atom is 0.335 e. The van der Waals surface area contributed by atoms with Gasteiger partial charge < -0.3 is 15.0 Å². The van der Waals surface area contributed by atoms with Crippen LogP contribution in [0.3, 0.4) is 0 Å². The van der Waals surface area contributed by atoms with Gasteiger partial charge in [0.05, 0.1) is 11.3 Å². The molecule has 0 aliphatic rings. The molecule has 2 N–H and O–H groups in total. The van der Waals surface area contributed by atoms with Crippen LogP contribution < -0.4 is 5.32 Å². The Balaban J connectivity index is 2.01. The largest absolute Gasteiger partial charge is 0.478 e. The Morgan fingerprint density at radius 2 is 1.84 bits per heavy atom. The Bertz CT molecular complexity index is 1270. The van der Waals surface area contributed by atoms with E-state index in [-0.39, 0.29) is 16.8 Å².